The van der Waals surface area contributed by atoms with Crippen LogP contribution in [0.4, 0.5) is 0 Å². The minimum atomic E-state index is -2.17. The Morgan fingerprint density at radius 3 is 0.944 bits per heavy atom. The zero-order valence-corrected chi connectivity index (χ0v) is 14.0. The SMILES string of the molecule is CCC[N+](CCC)(CCC)CCC.OB(O)O.[Br-]. The number of halogens is 1. The van der Waals surface area contributed by atoms with Gasteiger partial charge in [0.15, 0.2) is 0 Å². The summed E-state index contributed by atoms with van der Waals surface area (Å²) in [5.41, 5.74) is 0. The first-order valence-corrected chi connectivity index (χ1v) is 6.87. The molecule has 0 saturated carbocycles. The highest BCUT2D eigenvalue weighted by Gasteiger charge is 2.22. The van der Waals surface area contributed by atoms with Crippen molar-refractivity contribution in [1.82, 2.24) is 0 Å². The van der Waals surface area contributed by atoms with Crippen LogP contribution in [0, 0.1) is 0 Å². The van der Waals surface area contributed by atoms with E-state index in [0.717, 1.165) is 0 Å². The Labute approximate surface area is 124 Å². The second kappa shape index (κ2) is 15.4. The highest BCUT2D eigenvalue weighted by molar-refractivity contribution is 6.30. The summed E-state index contributed by atoms with van der Waals surface area (Å²) >= 11 is 0. The van der Waals surface area contributed by atoms with Gasteiger partial charge in [-0.25, -0.2) is 0 Å². The fourth-order valence-electron chi connectivity index (χ4n) is 2.57. The third-order valence-corrected chi connectivity index (χ3v) is 2.79. The molecule has 6 heteroatoms. The smallest absolute Gasteiger partial charge is 0.631 e. The Morgan fingerprint density at radius 2 is 0.833 bits per heavy atom. The Hall–Kier alpha value is 0.385. The lowest BCUT2D eigenvalue weighted by atomic mass is 10.2. The molecule has 0 unspecified atom stereocenters. The summed E-state index contributed by atoms with van der Waals surface area (Å²) in [6.45, 7) is 14.8. The molecule has 0 aromatic heterocycles. The largest absolute Gasteiger partial charge is 1.00 e. The first-order valence-electron chi connectivity index (χ1n) is 6.87. The van der Waals surface area contributed by atoms with E-state index < -0.39 is 7.32 Å². The summed E-state index contributed by atoms with van der Waals surface area (Å²) < 4.78 is 1.38. The van der Waals surface area contributed by atoms with Gasteiger partial charge in [-0.15, -0.1) is 0 Å². The monoisotopic (exact) mass is 327 g/mol. The van der Waals surface area contributed by atoms with Crippen molar-refractivity contribution < 1.29 is 36.5 Å². The topological polar surface area (TPSA) is 60.7 Å². The molecule has 0 aliphatic carbocycles. The van der Waals surface area contributed by atoms with Crippen LogP contribution in [0.25, 0.3) is 0 Å². The van der Waals surface area contributed by atoms with E-state index in [1.807, 2.05) is 0 Å². The molecule has 0 saturated heterocycles. The summed E-state index contributed by atoms with van der Waals surface area (Å²) in [5.74, 6) is 0. The Balaban J connectivity index is -0.000000392. The van der Waals surface area contributed by atoms with E-state index in [9.17, 15) is 0 Å². The molecule has 0 amide bonds. The maximum absolute atomic E-state index is 7.17. The van der Waals surface area contributed by atoms with Gasteiger partial charge in [0.1, 0.15) is 0 Å². The van der Waals surface area contributed by atoms with Crippen molar-refractivity contribution in [1.29, 1.82) is 0 Å². The van der Waals surface area contributed by atoms with Crippen LogP contribution in [0.3, 0.4) is 0 Å². The van der Waals surface area contributed by atoms with E-state index in [2.05, 4.69) is 27.7 Å². The number of hydrogen-bond acceptors (Lipinski definition) is 3. The molecule has 0 aliphatic rings. The van der Waals surface area contributed by atoms with Gasteiger partial charge in [-0.1, -0.05) is 27.7 Å². The fraction of sp³-hybridized carbons (Fsp3) is 1.00. The van der Waals surface area contributed by atoms with E-state index in [1.54, 1.807) is 0 Å². The molecule has 0 atom stereocenters. The maximum Gasteiger partial charge on any atom is 0.631 e. The van der Waals surface area contributed by atoms with E-state index >= 15 is 0 Å². The highest BCUT2D eigenvalue weighted by Crippen LogP contribution is 2.12. The van der Waals surface area contributed by atoms with Crippen LogP contribution in [-0.2, 0) is 0 Å². The lowest BCUT2D eigenvalue weighted by molar-refractivity contribution is -0.928. The maximum atomic E-state index is 7.17. The molecule has 4 nitrogen and oxygen atoms in total. The van der Waals surface area contributed by atoms with E-state index in [4.69, 9.17) is 15.1 Å². The van der Waals surface area contributed by atoms with Gasteiger partial charge in [-0.3, -0.25) is 0 Å². The van der Waals surface area contributed by atoms with Crippen LogP contribution >= 0.6 is 0 Å². The third-order valence-electron chi connectivity index (χ3n) is 2.79. The summed E-state index contributed by atoms with van der Waals surface area (Å²) in [4.78, 5) is 0. The van der Waals surface area contributed by atoms with Gasteiger partial charge in [0.25, 0.3) is 0 Å². The van der Waals surface area contributed by atoms with Crippen molar-refractivity contribution >= 4 is 7.32 Å². The number of nitrogens with zero attached hydrogens (tertiary/aromatic N) is 1. The van der Waals surface area contributed by atoms with Gasteiger partial charge < -0.3 is 36.5 Å². The average molecular weight is 328 g/mol. The second-order valence-electron chi connectivity index (χ2n) is 4.58. The van der Waals surface area contributed by atoms with E-state index in [1.165, 1.54) is 56.3 Å². The minimum absolute atomic E-state index is 0. The molecule has 0 heterocycles. The number of hydrogen-bond donors (Lipinski definition) is 3. The molecule has 0 aromatic carbocycles. The second-order valence-corrected chi connectivity index (χ2v) is 4.58. The number of quaternary nitrogens is 1. The third kappa shape index (κ3) is 14.4. The quantitative estimate of drug-likeness (QED) is 0.371. The fourth-order valence-corrected chi connectivity index (χ4v) is 2.57. The van der Waals surface area contributed by atoms with Crippen LogP contribution in [0.1, 0.15) is 53.4 Å². The van der Waals surface area contributed by atoms with Crippen molar-refractivity contribution in [3.63, 3.8) is 0 Å². The average Bonchev–Trinajstić information content (AvgIpc) is 2.18. The predicted molar refractivity (Wildman–Crippen MR) is 73.3 cm³/mol. The van der Waals surface area contributed by atoms with Gasteiger partial charge in [0, 0.05) is 0 Å². The van der Waals surface area contributed by atoms with Crippen LogP contribution in [-0.4, -0.2) is 53.1 Å². The van der Waals surface area contributed by atoms with Crippen molar-refractivity contribution in [3.05, 3.63) is 0 Å². The lowest BCUT2D eigenvalue weighted by Crippen LogP contribution is -3.00. The van der Waals surface area contributed by atoms with Crippen LogP contribution < -0.4 is 17.0 Å². The van der Waals surface area contributed by atoms with Gasteiger partial charge in [0.05, 0.1) is 26.2 Å². The van der Waals surface area contributed by atoms with Crippen molar-refractivity contribution in [2.45, 2.75) is 53.4 Å². The first kappa shape index (κ1) is 23.5. The molecule has 0 aliphatic heterocycles. The van der Waals surface area contributed by atoms with Gasteiger partial charge in [-0.05, 0) is 25.7 Å². The molecule has 0 rings (SSSR count). The molecule has 18 heavy (non-hydrogen) atoms. The van der Waals surface area contributed by atoms with E-state index in [0.29, 0.717) is 0 Å². The van der Waals surface area contributed by atoms with Crippen LogP contribution in [0.5, 0.6) is 0 Å². The zero-order valence-electron chi connectivity index (χ0n) is 12.4. The van der Waals surface area contributed by atoms with Crippen molar-refractivity contribution in [2.24, 2.45) is 0 Å². The molecule has 112 valence electrons. The number of rotatable bonds is 8. The molecule has 3 N–H and O–H groups in total. The van der Waals surface area contributed by atoms with E-state index in [-0.39, 0.29) is 17.0 Å². The van der Waals surface area contributed by atoms with Crippen LogP contribution in [0.15, 0.2) is 0 Å². The predicted octanol–water partition coefficient (Wildman–Crippen LogP) is -1.60. The Morgan fingerprint density at radius 1 is 0.667 bits per heavy atom. The molecule has 0 bridgehead atoms. The standard InChI is InChI=1S/C12H28N.BH3O3.BrH/c1-5-9-13(10-6-2,11-7-3)12-8-4;2-1(3)4;/h5-12H2,1-4H3;2-4H;1H/q+1;;/p-1. The molecular formula is C12H31BBrNO3. The normalized spacial score (nSPS) is 10.2. The zero-order chi connectivity index (χ0) is 13.7. The molecular weight excluding hydrogens is 297 g/mol. The summed E-state index contributed by atoms with van der Waals surface area (Å²) in [6, 6.07) is 0. The molecule has 0 spiro atoms. The Bertz CT molecular complexity index is 130. The Kier molecular flexibility index (Phi) is 20.1. The van der Waals surface area contributed by atoms with Gasteiger partial charge in [-0.2, -0.15) is 0 Å². The van der Waals surface area contributed by atoms with Crippen molar-refractivity contribution in [3.8, 4) is 0 Å². The lowest BCUT2D eigenvalue weighted by Gasteiger charge is -2.38. The molecule has 0 fully saturated rings. The van der Waals surface area contributed by atoms with Gasteiger partial charge in [0.2, 0.25) is 0 Å². The summed E-state index contributed by atoms with van der Waals surface area (Å²) in [5, 5.41) is 21.5. The highest BCUT2D eigenvalue weighted by atomic mass is 79.9. The minimum Gasteiger partial charge on any atom is -1.00 e. The summed E-state index contributed by atoms with van der Waals surface area (Å²) in [7, 11) is -2.17. The summed E-state index contributed by atoms with van der Waals surface area (Å²) in [6.07, 6.45) is 5.33. The van der Waals surface area contributed by atoms with Crippen molar-refractivity contribution in [2.75, 3.05) is 26.2 Å². The molecule has 0 radical (unpaired) electrons. The van der Waals surface area contributed by atoms with Gasteiger partial charge >= 0.3 is 7.32 Å². The van der Waals surface area contributed by atoms with Crippen LogP contribution in [0.2, 0.25) is 0 Å². The molecule has 0 aromatic rings. The first-order chi connectivity index (χ1) is 7.97.